The number of benzene rings is 1. The van der Waals surface area contributed by atoms with Crippen LogP contribution in [-0.4, -0.2) is 12.3 Å². The van der Waals surface area contributed by atoms with E-state index in [4.69, 9.17) is 0 Å². The lowest BCUT2D eigenvalue weighted by Gasteiger charge is -1.99. The van der Waals surface area contributed by atoms with Crippen molar-refractivity contribution in [2.24, 2.45) is 4.99 Å². The van der Waals surface area contributed by atoms with Crippen LogP contribution >= 0.6 is 15.9 Å². The SMILES string of the molecule is BrC1=CCN=C1c1ccccc1. The van der Waals surface area contributed by atoms with E-state index in [2.05, 4.69) is 39.1 Å². The van der Waals surface area contributed by atoms with Crippen molar-refractivity contribution in [3.05, 3.63) is 46.5 Å². The summed E-state index contributed by atoms with van der Waals surface area (Å²) in [6.45, 7) is 0.796. The first kappa shape index (κ1) is 7.74. The smallest absolute Gasteiger partial charge is 0.0789 e. The monoisotopic (exact) mass is 221 g/mol. The van der Waals surface area contributed by atoms with Crippen molar-refractivity contribution in [2.75, 3.05) is 6.54 Å². The topological polar surface area (TPSA) is 12.4 Å². The van der Waals surface area contributed by atoms with Crippen LogP contribution in [0.5, 0.6) is 0 Å². The summed E-state index contributed by atoms with van der Waals surface area (Å²) < 4.78 is 1.11. The minimum atomic E-state index is 0.796. The number of halogens is 1. The van der Waals surface area contributed by atoms with Gasteiger partial charge in [0.15, 0.2) is 0 Å². The molecule has 1 nitrogen and oxygen atoms in total. The van der Waals surface area contributed by atoms with Gasteiger partial charge in [-0.2, -0.15) is 0 Å². The van der Waals surface area contributed by atoms with Gasteiger partial charge >= 0.3 is 0 Å². The zero-order valence-corrected chi connectivity index (χ0v) is 8.08. The summed E-state index contributed by atoms with van der Waals surface area (Å²) >= 11 is 3.47. The van der Waals surface area contributed by atoms with Gasteiger partial charge in [0.1, 0.15) is 0 Å². The molecule has 0 aliphatic carbocycles. The van der Waals surface area contributed by atoms with Crippen LogP contribution in [0.2, 0.25) is 0 Å². The van der Waals surface area contributed by atoms with Crippen LogP contribution in [0.1, 0.15) is 5.56 Å². The Balaban J connectivity index is 2.39. The molecule has 0 saturated heterocycles. The Hall–Kier alpha value is -0.890. The van der Waals surface area contributed by atoms with Gasteiger partial charge in [-0.3, -0.25) is 4.99 Å². The second-order valence-electron chi connectivity index (χ2n) is 2.61. The molecule has 1 aliphatic heterocycles. The van der Waals surface area contributed by atoms with Crippen molar-refractivity contribution >= 4 is 21.6 Å². The molecule has 0 fully saturated rings. The molecule has 0 unspecified atom stereocenters. The van der Waals surface area contributed by atoms with Crippen molar-refractivity contribution in [3.63, 3.8) is 0 Å². The highest BCUT2D eigenvalue weighted by Crippen LogP contribution is 2.19. The van der Waals surface area contributed by atoms with Gasteiger partial charge in [0.25, 0.3) is 0 Å². The van der Waals surface area contributed by atoms with E-state index in [9.17, 15) is 0 Å². The summed E-state index contributed by atoms with van der Waals surface area (Å²) in [6.07, 6.45) is 2.07. The number of aliphatic imine (C=N–C) groups is 1. The molecule has 0 saturated carbocycles. The summed E-state index contributed by atoms with van der Waals surface area (Å²) in [4.78, 5) is 4.36. The second-order valence-corrected chi connectivity index (χ2v) is 3.46. The third kappa shape index (κ3) is 1.34. The van der Waals surface area contributed by atoms with E-state index >= 15 is 0 Å². The molecule has 1 heterocycles. The lowest BCUT2D eigenvalue weighted by Crippen LogP contribution is -1.96. The van der Waals surface area contributed by atoms with Crippen molar-refractivity contribution in [3.8, 4) is 0 Å². The van der Waals surface area contributed by atoms with E-state index in [1.807, 2.05) is 18.2 Å². The fourth-order valence-electron chi connectivity index (χ4n) is 1.21. The normalized spacial score (nSPS) is 15.8. The quantitative estimate of drug-likeness (QED) is 0.692. The predicted molar refractivity (Wildman–Crippen MR) is 54.9 cm³/mol. The molecule has 1 aromatic rings. The Morgan fingerprint density at radius 3 is 2.50 bits per heavy atom. The van der Waals surface area contributed by atoms with E-state index < -0.39 is 0 Å². The number of rotatable bonds is 1. The number of nitrogens with zero attached hydrogens (tertiary/aromatic N) is 1. The second kappa shape index (κ2) is 3.23. The van der Waals surface area contributed by atoms with Gasteiger partial charge in [0, 0.05) is 10.0 Å². The van der Waals surface area contributed by atoms with Gasteiger partial charge in [-0.05, 0) is 22.0 Å². The minimum absolute atomic E-state index is 0.796. The summed E-state index contributed by atoms with van der Waals surface area (Å²) in [5.41, 5.74) is 2.24. The molecule has 2 rings (SSSR count). The van der Waals surface area contributed by atoms with Crippen LogP contribution in [0.15, 0.2) is 45.9 Å². The molecule has 2 heteroatoms. The van der Waals surface area contributed by atoms with E-state index in [1.54, 1.807) is 0 Å². The van der Waals surface area contributed by atoms with Crippen LogP contribution in [0.4, 0.5) is 0 Å². The predicted octanol–water partition coefficient (Wildman–Crippen LogP) is 2.77. The standard InChI is InChI=1S/C10H8BrN/c11-9-6-7-12-10(9)8-4-2-1-3-5-8/h1-6H,7H2. The van der Waals surface area contributed by atoms with Gasteiger partial charge < -0.3 is 0 Å². The van der Waals surface area contributed by atoms with Gasteiger partial charge in [0.05, 0.1) is 12.3 Å². The molecule has 0 atom stereocenters. The Morgan fingerprint density at radius 1 is 1.17 bits per heavy atom. The molecule has 60 valence electrons. The maximum atomic E-state index is 4.36. The lowest BCUT2D eigenvalue weighted by atomic mass is 10.1. The van der Waals surface area contributed by atoms with Crippen molar-refractivity contribution < 1.29 is 0 Å². The molecule has 12 heavy (non-hydrogen) atoms. The van der Waals surface area contributed by atoms with Crippen molar-refractivity contribution in [2.45, 2.75) is 0 Å². The average Bonchev–Trinajstić information content (AvgIpc) is 2.53. The number of allylic oxidation sites excluding steroid dienone is 1. The molecule has 0 N–H and O–H groups in total. The molecule has 1 aromatic carbocycles. The van der Waals surface area contributed by atoms with Gasteiger partial charge in [-0.25, -0.2) is 0 Å². The summed E-state index contributed by atoms with van der Waals surface area (Å²) in [5.74, 6) is 0. The molecular formula is C10H8BrN. The van der Waals surface area contributed by atoms with E-state index in [1.165, 1.54) is 5.56 Å². The highest BCUT2D eigenvalue weighted by molar-refractivity contribution is 9.12. The zero-order valence-electron chi connectivity index (χ0n) is 6.50. The average molecular weight is 222 g/mol. The minimum Gasteiger partial charge on any atom is -0.279 e. The number of hydrogen-bond donors (Lipinski definition) is 0. The molecule has 0 bridgehead atoms. The molecule has 1 aliphatic rings. The van der Waals surface area contributed by atoms with Crippen LogP contribution in [0.3, 0.4) is 0 Å². The van der Waals surface area contributed by atoms with E-state index in [-0.39, 0.29) is 0 Å². The Labute approximate surface area is 80.0 Å². The van der Waals surface area contributed by atoms with Gasteiger partial charge in [0.2, 0.25) is 0 Å². The Bertz CT molecular complexity index is 338. The van der Waals surface area contributed by atoms with Crippen LogP contribution in [-0.2, 0) is 0 Å². The first-order valence-electron chi connectivity index (χ1n) is 3.84. The maximum absolute atomic E-state index is 4.36. The molecule has 0 amide bonds. The summed E-state index contributed by atoms with van der Waals surface area (Å²) in [7, 11) is 0. The largest absolute Gasteiger partial charge is 0.279 e. The fourth-order valence-corrected chi connectivity index (χ4v) is 1.71. The molecule has 0 aromatic heterocycles. The fraction of sp³-hybridized carbons (Fsp3) is 0.100. The van der Waals surface area contributed by atoms with Gasteiger partial charge in [-0.1, -0.05) is 30.3 Å². The lowest BCUT2D eigenvalue weighted by molar-refractivity contribution is 1.28. The van der Waals surface area contributed by atoms with Crippen LogP contribution < -0.4 is 0 Å². The first-order chi connectivity index (χ1) is 5.88. The third-order valence-corrected chi connectivity index (χ3v) is 2.49. The molecule has 0 spiro atoms. The highest BCUT2D eigenvalue weighted by atomic mass is 79.9. The third-order valence-electron chi connectivity index (χ3n) is 1.79. The first-order valence-corrected chi connectivity index (χ1v) is 4.63. The molecular weight excluding hydrogens is 214 g/mol. The summed E-state index contributed by atoms with van der Waals surface area (Å²) in [6, 6.07) is 10.2. The molecule has 0 radical (unpaired) electrons. The van der Waals surface area contributed by atoms with Crippen LogP contribution in [0, 0.1) is 0 Å². The maximum Gasteiger partial charge on any atom is 0.0789 e. The van der Waals surface area contributed by atoms with Crippen molar-refractivity contribution in [1.82, 2.24) is 0 Å². The zero-order chi connectivity index (χ0) is 8.39. The Morgan fingerprint density at radius 2 is 1.92 bits per heavy atom. The van der Waals surface area contributed by atoms with Crippen LogP contribution in [0.25, 0.3) is 0 Å². The Kier molecular flexibility index (Phi) is 2.09. The van der Waals surface area contributed by atoms with E-state index in [0.29, 0.717) is 0 Å². The van der Waals surface area contributed by atoms with Gasteiger partial charge in [-0.15, -0.1) is 0 Å². The van der Waals surface area contributed by atoms with E-state index in [0.717, 1.165) is 16.7 Å². The highest BCUT2D eigenvalue weighted by Gasteiger charge is 2.09. The summed E-state index contributed by atoms with van der Waals surface area (Å²) in [5, 5.41) is 0. The van der Waals surface area contributed by atoms with Crippen molar-refractivity contribution in [1.29, 1.82) is 0 Å². The number of hydrogen-bond acceptors (Lipinski definition) is 1.